The lowest BCUT2D eigenvalue weighted by Crippen LogP contribution is -2.51. The van der Waals surface area contributed by atoms with E-state index in [4.69, 9.17) is 10.5 Å². The molecule has 1 fully saturated rings. The number of sulfonamides is 1. The maximum absolute atomic E-state index is 11.0. The highest BCUT2D eigenvalue weighted by atomic mass is 32.2. The normalized spacial score (nSPS) is 20.2. The Balaban J connectivity index is 2.12. The molecule has 0 bridgehead atoms. The molecule has 1 aliphatic rings. The second-order valence-corrected chi connectivity index (χ2v) is 5.29. The first-order valence-electron chi connectivity index (χ1n) is 4.27. The van der Waals surface area contributed by atoms with E-state index in [-0.39, 0.29) is 0 Å². The fourth-order valence-electron chi connectivity index (χ4n) is 1.23. The number of rotatable bonds is 5. The van der Waals surface area contributed by atoms with Gasteiger partial charge in [0.05, 0.1) is 19.5 Å². The minimum atomic E-state index is -2.98. The van der Waals surface area contributed by atoms with Gasteiger partial charge in [-0.2, -0.15) is 0 Å². The Kier molecular flexibility index (Phi) is 3.66. The van der Waals surface area contributed by atoms with E-state index < -0.39 is 10.0 Å². The molecule has 13 heavy (non-hydrogen) atoms. The number of nitrogens with zero attached hydrogens (tertiary/aromatic N) is 1. The van der Waals surface area contributed by atoms with Crippen LogP contribution in [0.15, 0.2) is 0 Å². The first kappa shape index (κ1) is 10.9. The van der Waals surface area contributed by atoms with Crippen molar-refractivity contribution >= 4 is 10.0 Å². The monoisotopic (exact) mass is 208 g/mol. The summed E-state index contributed by atoms with van der Waals surface area (Å²) in [7, 11) is -2.98. The van der Waals surface area contributed by atoms with E-state index >= 15 is 0 Å². The summed E-state index contributed by atoms with van der Waals surface area (Å²) >= 11 is 0. The molecular weight excluding hydrogens is 192 g/mol. The number of hydrogen-bond donors (Lipinski definition) is 1. The van der Waals surface area contributed by atoms with E-state index in [0.29, 0.717) is 38.8 Å². The summed E-state index contributed by atoms with van der Waals surface area (Å²) in [5.41, 5.74) is 5.24. The molecule has 0 aromatic carbocycles. The smallest absolute Gasteiger partial charge is 0.211 e. The van der Waals surface area contributed by atoms with Crippen LogP contribution in [0.1, 0.15) is 0 Å². The summed E-state index contributed by atoms with van der Waals surface area (Å²) in [6, 6.07) is 0. The van der Waals surface area contributed by atoms with E-state index in [1.165, 1.54) is 10.6 Å². The van der Waals surface area contributed by atoms with Gasteiger partial charge in [0, 0.05) is 25.6 Å². The van der Waals surface area contributed by atoms with E-state index in [9.17, 15) is 8.42 Å². The average molecular weight is 208 g/mol. The van der Waals surface area contributed by atoms with Crippen LogP contribution in [0.25, 0.3) is 0 Å². The molecule has 1 aliphatic heterocycles. The summed E-state index contributed by atoms with van der Waals surface area (Å²) < 4.78 is 28.6. The zero-order valence-corrected chi connectivity index (χ0v) is 8.59. The van der Waals surface area contributed by atoms with Crippen LogP contribution >= 0.6 is 0 Å². The number of hydrogen-bond acceptors (Lipinski definition) is 4. The summed E-state index contributed by atoms with van der Waals surface area (Å²) in [6.45, 7) is 2.86. The highest BCUT2D eigenvalue weighted by Crippen LogP contribution is 2.18. The van der Waals surface area contributed by atoms with Crippen molar-refractivity contribution < 1.29 is 13.2 Å². The zero-order chi connectivity index (χ0) is 9.90. The Hall–Kier alpha value is -0.170. The molecule has 0 amide bonds. The van der Waals surface area contributed by atoms with Gasteiger partial charge in [0.25, 0.3) is 0 Å². The van der Waals surface area contributed by atoms with Crippen LogP contribution in [-0.4, -0.2) is 51.8 Å². The third kappa shape index (κ3) is 3.22. The second-order valence-electron chi connectivity index (χ2n) is 3.31. The summed E-state index contributed by atoms with van der Waals surface area (Å²) in [6.07, 6.45) is 1.23. The van der Waals surface area contributed by atoms with Gasteiger partial charge in [0.2, 0.25) is 10.0 Å². The van der Waals surface area contributed by atoms with Gasteiger partial charge in [0.1, 0.15) is 0 Å². The van der Waals surface area contributed by atoms with Gasteiger partial charge in [-0.15, -0.1) is 0 Å². The van der Waals surface area contributed by atoms with Crippen LogP contribution in [-0.2, 0) is 14.8 Å². The van der Waals surface area contributed by atoms with Gasteiger partial charge >= 0.3 is 0 Å². The lowest BCUT2D eigenvalue weighted by molar-refractivity contribution is 0.0548. The fourth-order valence-corrected chi connectivity index (χ4v) is 2.20. The van der Waals surface area contributed by atoms with Gasteiger partial charge in [0.15, 0.2) is 0 Å². The van der Waals surface area contributed by atoms with Gasteiger partial charge in [-0.05, 0) is 0 Å². The Morgan fingerprint density at radius 3 is 2.62 bits per heavy atom. The lowest BCUT2D eigenvalue weighted by atomic mass is 10.1. The van der Waals surface area contributed by atoms with Crippen LogP contribution in [0.5, 0.6) is 0 Å². The fraction of sp³-hybridized carbons (Fsp3) is 1.00. The molecule has 0 spiro atoms. The molecule has 1 saturated heterocycles. The van der Waals surface area contributed by atoms with E-state index in [1.807, 2.05) is 0 Å². The van der Waals surface area contributed by atoms with Crippen LogP contribution in [0.2, 0.25) is 0 Å². The Labute approximate surface area is 78.9 Å². The van der Waals surface area contributed by atoms with E-state index in [2.05, 4.69) is 0 Å². The summed E-state index contributed by atoms with van der Waals surface area (Å²) in [4.78, 5) is 0. The van der Waals surface area contributed by atoms with E-state index in [0.717, 1.165) is 0 Å². The molecule has 0 aliphatic carbocycles. The third-order valence-corrected chi connectivity index (χ3v) is 3.24. The van der Waals surface area contributed by atoms with Crippen LogP contribution in [0, 0.1) is 5.92 Å². The Morgan fingerprint density at radius 1 is 1.54 bits per heavy atom. The lowest BCUT2D eigenvalue weighted by Gasteiger charge is -2.36. The van der Waals surface area contributed by atoms with Crippen molar-refractivity contribution in [2.24, 2.45) is 11.7 Å². The Bertz CT molecular complexity index is 246. The number of ether oxygens (including phenoxy) is 1. The largest absolute Gasteiger partial charge is 0.380 e. The molecule has 0 aromatic heterocycles. The molecular formula is C7H16N2O3S. The molecule has 0 unspecified atom stereocenters. The standard InChI is InChI=1S/C7H16N2O3S/c1-13(10,11)9-4-7(5-9)6-12-3-2-8/h7H,2-6,8H2,1H3. The predicted octanol–water partition coefficient (Wildman–Crippen LogP) is -1.15. The van der Waals surface area contributed by atoms with Gasteiger partial charge < -0.3 is 10.5 Å². The second kappa shape index (κ2) is 4.36. The topological polar surface area (TPSA) is 72.6 Å². The maximum atomic E-state index is 11.0. The van der Waals surface area contributed by atoms with Crippen molar-refractivity contribution in [1.29, 1.82) is 0 Å². The molecule has 1 rings (SSSR count). The predicted molar refractivity (Wildman–Crippen MR) is 49.8 cm³/mol. The quantitative estimate of drug-likeness (QED) is 0.579. The van der Waals surface area contributed by atoms with Crippen LogP contribution in [0.4, 0.5) is 0 Å². The van der Waals surface area contributed by atoms with Crippen molar-refractivity contribution in [2.45, 2.75) is 0 Å². The maximum Gasteiger partial charge on any atom is 0.211 e. The van der Waals surface area contributed by atoms with Crippen molar-refractivity contribution in [3.63, 3.8) is 0 Å². The van der Waals surface area contributed by atoms with E-state index in [1.54, 1.807) is 0 Å². The molecule has 2 N–H and O–H groups in total. The molecule has 0 radical (unpaired) electrons. The van der Waals surface area contributed by atoms with Crippen molar-refractivity contribution in [2.75, 3.05) is 39.1 Å². The molecule has 0 aromatic rings. The molecule has 1 heterocycles. The van der Waals surface area contributed by atoms with Crippen LogP contribution < -0.4 is 5.73 Å². The minimum absolute atomic E-state index is 0.348. The average Bonchev–Trinajstić information content (AvgIpc) is 1.91. The number of nitrogens with two attached hydrogens (primary N) is 1. The van der Waals surface area contributed by atoms with Crippen molar-refractivity contribution in [1.82, 2.24) is 4.31 Å². The highest BCUT2D eigenvalue weighted by molar-refractivity contribution is 7.88. The first-order valence-corrected chi connectivity index (χ1v) is 6.12. The molecule has 78 valence electrons. The SMILES string of the molecule is CS(=O)(=O)N1CC(COCCN)C1. The van der Waals surface area contributed by atoms with Crippen LogP contribution in [0.3, 0.4) is 0 Å². The van der Waals surface area contributed by atoms with Gasteiger partial charge in [-0.1, -0.05) is 0 Å². The molecule has 5 nitrogen and oxygen atoms in total. The Morgan fingerprint density at radius 2 is 2.15 bits per heavy atom. The molecule has 6 heteroatoms. The molecule has 0 saturated carbocycles. The van der Waals surface area contributed by atoms with Crippen molar-refractivity contribution in [3.05, 3.63) is 0 Å². The first-order chi connectivity index (χ1) is 6.04. The van der Waals surface area contributed by atoms with Gasteiger partial charge in [-0.3, -0.25) is 0 Å². The van der Waals surface area contributed by atoms with Crippen molar-refractivity contribution in [3.8, 4) is 0 Å². The molecule has 0 atom stereocenters. The summed E-state index contributed by atoms with van der Waals surface area (Å²) in [5, 5.41) is 0. The minimum Gasteiger partial charge on any atom is -0.380 e. The van der Waals surface area contributed by atoms with Gasteiger partial charge in [-0.25, -0.2) is 12.7 Å². The highest BCUT2D eigenvalue weighted by Gasteiger charge is 2.32. The third-order valence-electron chi connectivity index (χ3n) is 2.01. The summed E-state index contributed by atoms with van der Waals surface area (Å²) in [5.74, 6) is 0.348. The zero-order valence-electron chi connectivity index (χ0n) is 7.77.